The molecule has 193 valence electrons. The molecule has 5 nitrogen and oxygen atoms in total. The van der Waals surface area contributed by atoms with Crippen molar-refractivity contribution in [2.75, 3.05) is 0 Å². The fraction of sp³-hybridized carbons (Fsp3) is 0.0606. The quantitative estimate of drug-likeness (QED) is 0.115. The van der Waals surface area contributed by atoms with E-state index in [9.17, 15) is 4.79 Å². The molecule has 6 heteroatoms. The number of carbonyl (C=O) groups is 1. The largest absolute Gasteiger partial charge is 0.512 e. The molecule has 0 aliphatic carbocycles. The topological polar surface area (TPSA) is 67.7 Å². The van der Waals surface area contributed by atoms with Crippen LogP contribution in [0.1, 0.15) is 13.8 Å². The van der Waals surface area contributed by atoms with Gasteiger partial charge < -0.3 is 14.5 Å². The first kappa shape index (κ1) is 27.5. The van der Waals surface area contributed by atoms with E-state index in [1.165, 1.54) is 19.9 Å². The molecule has 0 unspecified atom stereocenters. The predicted molar refractivity (Wildman–Crippen MR) is 152 cm³/mol. The van der Waals surface area contributed by atoms with Gasteiger partial charge in [-0.3, -0.25) is 4.79 Å². The number of aliphatic hydroxyl groups is 1. The first-order valence-electron chi connectivity index (χ1n) is 12.0. The molecule has 1 radical (unpaired) electrons. The van der Waals surface area contributed by atoms with E-state index in [0.717, 1.165) is 55.1 Å². The molecule has 0 aliphatic heterocycles. The minimum atomic E-state index is -0.125. The Morgan fingerprint density at radius 1 is 0.923 bits per heavy atom. The molecule has 0 saturated carbocycles. The van der Waals surface area contributed by atoms with Gasteiger partial charge in [0.15, 0.2) is 11.5 Å². The Bertz CT molecular complexity index is 1870. The van der Waals surface area contributed by atoms with Gasteiger partial charge in [0, 0.05) is 43.3 Å². The maximum absolute atomic E-state index is 10.0. The van der Waals surface area contributed by atoms with Crippen LogP contribution >= 0.6 is 0 Å². The number of fused-ring (bicyclic) bond motifs is 4. The van der Waals surface area contributed by atoms with Gasteiger partial charge in [0.05, 0.1) is 17.9 Å². The van der Waals surface area contributed by atoms with Gasteiger partial charge in [0.2, 0.25) is 0 Å². The molecule has 6 aromatic rings. The molecule has 6 rings (SSSR count). The van der Waals surface area contributed by atoms with Crippen LogP contribution in [0.2, 0.25) is 0 Å². The Labute approximate surface area is 239 Å². The van der Waals surface area contributed by atoms with Gasteiger partial charge >= 0.3 is 0 Å². The summed E-state index contributed by atoms with van der Waals surface area (Å²) in [5.41, 5.74) is 5.49. The Balaban J connectivity index is 0.000000394. The number of carbonyl (C=O) groups excluding carboxylic acids is 1. The van der Waals surface area contributed by atoms with Crippen molar-refractivity contribution in [2.24, 2.45) is 0 Å². The van der Waals surface area contributed by atoms with Crippen LogP contribution in [-0.4, -0.2) is 15.9 Å². The van der Waals surface area contributed by atoms with Gasteiger partial charge in [-0.25, -0.2) is 4.85 Å². The first-order valence-corrected chi connectivity index (χ1v) is 12.0. The molecule has 0 atom stereocenters. The van der Waals surface area contributed by atoms with E-state index < -0.39 is 0 Å². The summed E-state index contributed by atoms with van der Waals surface area (Å²) in [6.07, 6.45) is 2.99. The van der Waals surface area contributed by atoms with Gasteiger partial charge in [-0.15, -0.1) is 18.2 Å². The van der Waals surface area contributed by atoms with E-state index in [1.54, 1.807) is 0 Å². The van der Waals surface area contributed by atoms with Gasteiger partial charge in [0.25, 0.3) is 0 Å². The van der Waals surface area contributed by atoms with Crippen LogP contribution in [0.25, 0.3) is 59.9 Å². The summed E-state index contributed by atoms with van der Waals surface area (Å²) in [7, 11) is 0. The summed E-state index contributed by atoms with van der Waals surface area (Å²) in [5.74, 6) is -0.0625. The molecular formula is C33H23IrN2O3-. The minimum Gasteiger partial charge on any atom is -0.512 e. The number of benzene rings is 4. The normalized spacial score (nSPS) is 10.9. The fourth-order valence-corrected chi connectivity index (χ4v) is 4.56. The molecule has 0 bridgehead atoms. The Morgan fingerprint density at radius 2 is 1.64 bits per heavy atom. The standard InChI is InChI=1S/C28H15N2O.C5H8O2.Ir/c1-29-24-15-14-22-21-12-7-13-23(26-20-11-6-5-8-18(20)16-17-30-26)27(21)31-28(22)25(24)19-9-3-2-4-10-19;1-4(6)3-5(2)7;/h2-12,14-17H;3,6H,1-2H3;/q-1;;/b;4-3-;. The van der Waals surface area contributed by atoms with Gasteiger partial charge in [-0.1, -0.05) is 77.7 Å². The second kappa shape index (κ2) is 11.9. The van der Waals surface area contributed by atoms with Crippen LogP contribution in [0.15, 0.2) is 107 Å². The molecule has 0 aliphatic rings. The summed E-state index contributed by atoms with van der Waals surface area (Å²) >= 11 is 0. The van der Waals surface area contributed by atoms with Crippen LogP contribution in [0, 0.1) is 12.6 Å². The number of pyridine rings is 1. The second-order valence-corrected chi connectivity index (χ2v) is 8.79. The van der Waals surface area contributed by atoms with E-state index >= 15 is 0 Å². The Hall–Kier alpha value is -4.56. The molecular weight excluding hydrogens is 665 g/mol. The second-order valence-electron chi connectivity index (χ2n) is 8.79. The van der Waals surface area contributed by atoms with E-state index in [4.69, 9.17) is 16.1 Å². The number of nitrogens with zero attached hydrogens (tertiary/aromatic N) is 2. The van der Waals surface area contributed by atoms with Gasteiger partial charge in [-0.05, 0) is 41.9 Å². The third kappa shape index (κ3) is 5.51. The zero-order valence-corrected chi connectivity index (χ0v) is 23.6. The SMILES string of the molecule is CC(=O)/C=C(/C)O.[C-]#[N+]c1ccc2c(oc3c(-c4nccc5ccccc45)[c-]ccc32)c1-c1ccccc1.[Ir]. The minimum absolute atomic E-state index is 0. The molecule has 2 heterocycles. The number of allylic oxidation sites excluding steroid dienone is 2. The Kier molecular flexibility index (Phi) is 8.36. The van der Waals surface area contributed by atoms with Crippen LogP contribution in [0.5, 0.6) is 0 Å². The summed E-state index contributed by atoms with van der Waals surface area (Å²) < 4.78 is 6.50. The molecule has 1 N–H and O–H groups in total. The number of hydrogen-bond donors (Lipinski definition) is 1. The molecule has 0 saturated heterocycles. The van der Waals surface area contributed by atoms with Crippen LogP contribution in [0.3, 0.4) is 0 Å². The third-order valence-electron chi connectivity index (χ3n) is 6.08. The average Bonchev–Trinajstić information content (AvgIpc) is 3.31. The smallest absolute Gasteiger partial charge is 0.198 e. The third-order valence-corrected chi connectivity index (χ3v) is 6.08. The number of aliphatic hydroxyl groups excluding tert-OH is 1. The average molecular weight is 688 g/mol. The maximum Gasteiger partial charge on any atom is 0.198 e. The number of ketones is 1. The number of aromatic nitrogens is 1. The predicted octanol–water partition coefficient (Wildman–Crippen LogP) is 8.85. The molecule has 0 spiro atoms. The molecule has 0 fully saturated rings. The summed E-state index contributed by atoms with van der Waals surface area (Å²) in [6.45, 7) is 10.5. The van der Waals surface area contributed by atoms with E-state index in [1.807, 2.05) is 79.0 Å². The Morgan fingerprint density at radius 3 is 2.33 bits per heavy atom. The number of rotatable bonds is 3. The fourth-order valence-electron chi connectivity index (χ4n) is 4.56. The van der Waals surface area contributed by atoms with Crippen molar-refractivity contribution in [3.63, 3.8) is 0 Å². The van der Waals surface area contributed by atoms with Crippen molar-refractivity contribution in [1.82, 2.24) is 4.98 Å². The van der Waals surface area contributed by atoms with E-state index in [0.29, 0.717) is 5.69 Å². The summed E-state index contributed by atoms with van der Waals surface area (Å²) in [4.78, 5) is 18.4. The van der Waals surface area contributed by atoms with Crippen molar-refractivity contribution in [3.8, 4) is 22.4 Å². The van der Waals surface area contributed by atoms with E-state index in [2.05, 4.69) is 28.0 Å². The monoisotopic (exact) mass is 688 g/mol. The zero-order valence-electron chi connectivity index (χ0n) is 21.2. The van der Waals surface area contributed by atoms with Crippen molar-refractivity contribution in [2.45, 2.75) is 13.8 Å². The van der Waals surface area contributed by atoms with Crippen LogP contribution in [0.4, 0.5) is 5.69 Å². The summed E-state index contributed by atoms with van der Waals surface area (Å²) in [6, 6.07) is 31.3. The van der Waals surface area contributed by atoms with Gasteiger partial charge in [0.1, 0.15) is 5.58 Å². The number of hydrogen-bond acceptors (Lipinski definition) is 4. The van der Waals surface area contributed by atoms with Crippen LogP contribution in [-0.2, 0) is 24.9 Å². The number of furan rings is 1. The first-order chi connectivity index (χ1) is 18.5. The van der Waals surface area contributed by atoms with E-state index in [-0.39, 0.29) is 31.6 Å². The van der Waals surface area contributed by atoms with Crippen molar-refractivity contribution < 1.29 is 34.4 Å². The maximum atomic E-state index is 10.0. The van der Waals surface area contributed by atoms with Crippen molar-refractivity contribution in [1.29, 1.82) is 0 Å². The molecule has 0 amide bonds. The molecule has 4 aromatic carbocycles. The zero-order chi connectivity index (χ0) is 26.6. The molecule has 2 aromatic heterocycles. The van der Waals surface area contributed by atoms with Crippen molar-refractivity contribution >= 4 is 44.2 Å². The molecule has 39 heavy (non-hydrogen) atoms. The van der Waals surface area contributed by atoms with Crippen molar-refractivity contribution in [3.05, 3.63) is 120 Å². The summed E-state index contributed by atoms with van der Waals surface area (Å²) in [5, 5.41) is 12.5. The van der Waals surface area contributed by atoms with Crippen LogP contribution < -0.4 is 0 Å². The van der Waals surface area contributed by atoms with Gasteiger partial charge in [-0.2, -0.15) is 0 Å².